The minimum Gasteiger partial charge on any atom is -0.458 e. The highest BCUT2D eigenvalue weighted by Crippen LogP contribution is 2.07. The van der Waals surface area contributed by atoms with Gasteiger partial charge in [-0.15, -0.1) is 0 Å². The second kappa shape index (κ2) is 5.63. The summed E-state index contributed by atoms with van der Waals surface area (Å²) in [6.45, 7) is 2.12. The van der Waals surface area contributed by atoms with Crippen LogP contribution in [0.3, 0.4) is 0 Å². The molecule has 4 heteroatoms. The summed E-state index contributed by atoms with van der Waals surface area (Å²) in [6, 6.07) is 9.42. The Hall–Kier alpha value is -1.39. The molecule has 0 radical (unpaired) electrons. The molecule has 0 spiro atoms. The summed E-state index contributed by atoms with van der Waals surface area (Å²) in [4.78, 5) is 11.6. The van der Waals surface area contributed by atoms with Crippen LogP contribution in [0, 0.1) is 0 Å². The first-order chi connectivity index (χ1) is 7.56. The average molecular weight is 222 g/mol. The van der Waals surface area contributed by atoms with Crippen LogP contribution in [0.25, 0.3) is 0 Å². The van der Waals surface area contributed by atoms with Crippen molar-refractivity contribution in [3.05, 3.63) is 35.9 Å². The van der Waals surface area contributed by atoms with Gasteiger partial charge in [0.25, 0.3) is 0 Å². The number of nitrogens with two attached hydrogens (primary N) is 2. The number of carbonyl (C=O) groups excluding carboxylic acids is 1. The van der Waals surface area contributed by atoms with E-state index in [0.29, 0.717) is 6.42 Å². The van der Waals surface area contributed by atoms with Crippen molar-refractivity contribution in [1.82, 2.24) is 0 Å². The van der Waals surface area contributed by atoms with Gasteiger partial charge in [0.15, 0.2) is 5.66 Å². The fourth-order valence-electron chi connectivity index (χ4n) is 1.37. The summed E-state index contributed by atoms with van der Waals surface area (Å²) in [5, 5.41) is 0. The Labute approximate surface area is 95.6 Å². The van der Waals surface area contributed by atoms with Gasteiger partial charge in [-0.3, -0.25) is 0 Å². The molecule has 0 bridgehead atoms. The van der Waals surface area contributed by atoms with Crippen molar-refractivity contribution < 1.29 is 9.53 Å². The first-order valence-corrected chi connectivity index (χ1v) is 5.35. The molecule has 88 valence electrons. The lowest BCUT2D eigenvalue weighted by atomic mass is 10.1. The molecule has 4 N–H and O–H groups in total. The molecule has 16 heavy (non-hydrogen) atoms. The van der Waals surface area contributed by atoms with Crippen molar-refractivity contribution in [2.75, 3.05) is 0 Å². The highest BCUT2D eigenvalue weighted by atomic mass is 16.5. The topological polar surface area (TPSA) is 78.3 Å². The molecule has 0 aliphatic rings. The van der Waals surface area contributed by atoms with E-state index in [4.69, 9.17) is 16.2 Å². The van der Waals surface area contributed by atoms with Gasteiger partial charge < -0.3 is 16.2 Å². The van der Waals surface area contributed by atoms with E-state index in [1.807, 2.05) is 37.3 Å². The van der Waals surface area contributed by atoms with Gasteiger partial charge in [-0.05, 0) is 12.0 Å². The van der Waals surface area contributed by atoms with E-state index < -0.39 is 11.6 Å². The summed E-state index contributed by atoms with van der Waals surface area (Å²) in [5.74, 6) is -0.557. The maximum Gasteiger partial charge on any atom is 0.341 e. The maximum atomic E-state index is 11.6. The van der Waals surface area contributed by atoms with Crippen molar-refractivity contribution in [2.24, 2.45) is 11.5 Å². The Morgan fingerprint density at radius 2 is 1.94 bits per heavy atom. The minimum atomic E-state index is -1.37. The highest BCUT2D eigenvalue weighted by Gasteiger charge is 2.29. The SMILES string of the molecule is CCCC(N)(N)C(=O)OCc1ccccc1. The van der Waals surface area contributed by atoms with Crippen LogP contribution in [-0.2, 0) is 16.1 Å². The molecule has 0 saturated carbocycles. The molecule has 0 fully saturated rings. The van der Waals surface area contributed by atoms with Gasteiger partial charge in [-0.2, -0.15) is 0 Å². The fraction of sp³-hybridized carbons (Fsp3) is 0.417. The normalized spacial score (nSPS) is 11.2. The Morgan fingerprint density at radius 1 is 1.31 bits per heavy atom. The van der Waals surface area contributed by atoms with E-state index in [-0.39, 0.29) is 6.61 Å². The third kappa shape index (κ3) is 3.64. The first kappa shape index (κ1) is 12.7. The molecule has 0 aliphatic carbocycles. The molecule has 0 saturated heterocycles. The van der Waals surface area contributed by atoms with E-state index in [1.54, 1.807) is 0 Å². The van der Waals surface area contributed by atoms with E-state index in [0.717, 1.165) is 12.0 Å². The molecule has 0 amide bonds. The van der Waals surface area contributed by atoms with Crippen LogP contribution in [0.4, 0.5) is 0 Å². The number of benzene rings is 1. The lowest BCUT2D eigenvalue weighted by molar-refractivity contribution is -0.151. The van der Waals surface area contributed by atoms with Crippen molar-refractivity contribution in [3.63, 3.8) is 0 Å². The largest absolute Gasteiger partial charge is 0.458 e. The number of hydrogen-bond donors (Lipinski definition) is 2. The Morgan fingerprint density at radius 3 is 2.50 bits per heavy atom. The van der Waals surface area contributed by atoms with Crippen molar-refractivity contribution >= 4 is 5.97 Å². The second-order valence-corrected chi connectivity index (χ2v) is 3.85. The Bertz CT molecular complexity index is 336. The Balaban J connectivity index is 2.47. The molecule has 1 aromatic carbocycles. The van der Waals surface area contributed by atoms with Crippen LogP contribution in [0.1, 0.15) is 25.3 Å². The first-order valence-electron chi connectivity index (χ1n) is 5.35. The van der Waals surface area contributed by atoms with Crippen molar-refractivity contribution in [2.45, 2.75) is 32.0 Å². The molecule has 0 atom stereocenters. The van der Waals surface area contributed by atoms with Gasteiger partial charge in [-0.1, -0.05) is 43.7 Å². The van der Waals surface area contributed by atoms with Crippen LogP contribution >= 0.6 is 0 Å². The van der Waals surface area contributed by atoms with Crippen molar-refractivity contribution in [1.29, 1.82) is 0 Å². The van der Waals surface area contributed by atoms with Gasteiger partial charge in [0.1, 0.15) is 6.61 Å². The standard InChI is InChI=1S/C12H18N2O2/c1-2-8-12(13,14)11(15)16-9-10-6-4-3-5-7-10/h3-7H,2,8-9,13-14H2,1H3. The van der Waals surface area contributed by atoms with Crippen LogP contribution in [-0.4, -0.2) is 11.6 Å². The zero-order valence-electron chi connectivity index (χ0n) is 9.48. The number of esters is 1. The third-order valence-electron chi connectivity index (χ3n) is 2.26. The zero-order valence-corrected chi connectivity index (χ0v) is 9.48. The molecule has 1 rings (SSSR count). The minimum absolute atomic E-state index is 0.208. The summed E-state index contributed by atoms with van der Waals surface area (Å²) in [6.07, 6.45) is 1.16. The average Bonchev–Trinajstić information content (AvgIpc) is 2.27. The fourth-order valence-corrected chi connectivity index (χ4v) is 1.37. The molecular formula is C12H18N2O2. The summed E-state index contributed by atoms with van der Waals surface area (Å²) in [7, 11) is 0. The number of ether oxygens (including phenoxy) is 1. The predicted molar refractivity (Wildman–Crippen MR) is 62.3 cm³/mol. The van der Waals surface area contributed by atoms with E-state index in [2.05, 4.69) is 0 Å². The molecule has 0 aliphatic heterocycles. The van der Waals surface area contributed by atoms with Crippen LogP contribution in [0.5, 0.6) is 0 Å². The van der Waals surface area contributed by atoms with Gasteiger partial charge in [0, 0.05) is 0 Å². The van der Waals surface area contributed by atoms with Gasteiger partial charge in [-0.25, -0.2) is 4.79 Å². The van der Waals surface area contributed by atoms with E-state index >= 15 is 0 Å². The monoisotopic (exact) mass is 222 g/mol. The Kier molecular flexibility index (Phi) is 4.46. The van der Waals surface area contributed by atoms with E-state index in [1.165, 1.54) is 0 Å². The lowest BCUT2D eigenvalue weighted by Crippen LogP contribution is -2.57. The summed E-state index contributed by atoms with van der Waals surface area (Å²) < 4.78 is 5.06. The van der Waals surface area contributed by atoms with Crippen molar-refractivity contribution in [3.8, 4) is 0 Å². The smallest absolute Gasteiger partial charge is 0.341 e. The second-order valence-electron chi connectivity index (χ2n) is 3.85. The van der Waals surface area contributed by atoms with Crippen LogP contribution in [0.2, 0.25) is 0 Å². The zero-order chi connectivity index (χ0) is 12.0. The van der Waals surface area contributed by atoms with Gasteiger partial charge >= 0.3 is 5.97 Å². The maximum absolute atomic E-state index is 11.6. The van der Waals surface area contributed by atoms with Crippen LogP contribution < -0.4 is 11.5 Å². The number of hydrogen-bond acceptors (Lipinski definition) is 4. The molecular weight excluding hydrogens is 204 g/mol. The summed E-state index contributed by atoms with van der Waals surface area (Å²) >= 11 is 0. The molecule has 0 unspecified atom stereocenters. The quantitative estimate of drug-likeness (QED) is 0.578. The van der Waals surface area contributed by atoms with E-state index in [9.17, 15) is 4.79 Å². The molecule has 4 nitrogen and oxygen atoms in total. The predicted octanol–water partition coefficient (Wildman–Crippen LogP) is 1.14. The number of carbonyl (C=O) groups is 1. The van der Waals surface area contributed by atoms with Gasteiger partial charge in [0.2, 0.25) is 0 Å². The van der Waals surface area contributed by atoms with Crippen LogP contribution in [0.15, 0.2) is 30.3 Å². The third-order valence-corrected chi connectivity index (χ3v) is 2.26. The molecule has 0 heterocycles. The van der Waals surface area contributed by atoms with Gasteiger partial charge in [0.05, 0.1) is 0 Å². The summed E-state index contributed by atoms with van der Waals surface area (Å²) in [5.41, 5.74) is 10.8. The highest BCUT2D eigenvalue weighted by molar-refractivity contribution is 5.79. The molecule has 0 aromatic heterocycles. The number of rotatable bonds is 5. The molecule has 1 aromatic rings. The lowest BCUT2D eigenvalue weighted by Gasteiger charge is -2.21.